The molecule has 0 unspecified atom stereocenters. The highest BCUT2D eigenvalue weighted by molar-refractivity contribution is 7.90. The molecule has 21 rings (SSSR count). The maximum atomic E-state index is 13.5. The molecule has 30 nitrogen and oxygen atoms in total. The Bertz CT molecular complexity index is 8220. The molecule has 15 aromatic heterocycles. The third-order valence-electron chi connectivity index (χ3n) is 25.0. The minimum atomic E-state index is -3.56. The van der Waals surface area contributed by atoms with E-state index in [1.165, 1.54) is 84.4 Å². The first kappa shape index (κ1) is 103. The molecule has 0 radical (unpaired) electrons. The number of imidazole rings is 5. The van der Waals surface area contributed by atoms with E-state index in [-0.39, 0.29) is 34.2 Å². The van der Waals surface area contributed by atoms with Gasteiger partial charge in [0.25, 0.3) is 0 Å². The minimum Gasteiger partial charge on any atom is -0.383 e. The minimum absolute atomic E-state index is 0.254. The molecule has 20 aromatic rings. The van der Waals surface area contributed by atoms with Crippen LogP contribution in [0, 0.1) is 41.4 Å². The zero-order chi connectivity index (χ0) is 104. The predicted octanol–water partition coefficient (Wildman–Crippen LogP) is 20.6. The number of rotatable bonds is 30. The van der Waals surface area contributed by atoms with Gasteiger partial charge in [-0.25, -0.2) is 105 Å². The van der Waals surface area contributed by atoms with Crippen LogP contribution in [0.1, 0.15) is 74.8 Å². The van der Waals surface area contributed by atoms with Gasteiger partial charge >= 0.3 is 0 Å². The summed E-state index contributed by atoms with van der Waals surface area (Å²) in [6, 6.07) is 61.6. The van der Waals surface area contributed by atoms with Gasteiger partial charge in [0.1, 0.15) is 57.3 Å². The fraction of sp³-hybridized carbons (Fsp3) is 0.223. The van der Waals surface area contributed by atoms with Crippen LogP contribution in [-0.4, -0.2) is 207 Å². The van der Waals surface area contributed by atoms with Crippen molar-refractivity contribution >= 4 is 61.9 Å². The van der Waals surface area contributed by atoms with Gasteiger partial charge in [0.15, 0.2) is 0 Å². The molecular formula is C112H110F5N27O3S. The lowest BCUT2D eigenvalue weighted by Crippen LogP contribution is -2.28. The predicted molar refractivity (Wildman–Crippen MR) is 570 cm³/mol. The number of nitrogens with one attached hydrogen (secondary N) is 4. The highest BCUT2D eigenvalue weighted by Gasteiger charge is 2.28. The number of pyridine rings is 5. The van der Waals surface area contributed by atoms with E-state index in [0.29, 0.717) is 77.8 Å². The van der Waals surface area contributed by atoms with Crippen molar-refractivity contribution in [3.63, 3.8) is 0 Å². The van der Waals surface area contributed by atoms with Crippen molar-refractivity contribution < 1.29 is 35.1 Å². The molecule has 0 bridgehead atoms. The lowest BCUT2D eigenvalue weighted by atomic mass is 9.93. The van der Waals surface area contributed by atoms with Crippen LogP contribution in [0.5, 0.6) is 0 Å². The molecule has 0 saturated heterocycles. The van der Waals surface area contributed by atoms with Gasteiger partial charge in [-0.1, -0.05) is 33.6 Å². The van der Waals surface area contributed by atoms with E-state index in [4.69, 9.17) is 41.1 Å². The zero-order valence-corrected chi connectivity index (χ0v) is 84.5. The average Bonchev–Trinajstić information content (AvgIpc) is 1.63. The summed E-state index contributed by atoms with van der Waals surface area (Å²) in [5.74, 6) is 3.40. The number of likely N-dealkylation sites (N-methyl/N-ethyl adjacent to an activating group) is 1. The summed E-state index contributed by atoms with van der Waals surface area (Å²) in [6.07, 6.45) is 30.1. The molecule has 15 heterocycles. The van der Waals surface area contributed by atoms with Crippen molar-refractivity contribution in [2.24, 2.45) is 0 Å². The Hall–Kier alpha value is -16.9. The Morgan fingerprint density at radius 3 is 0.946 bits per heavy atom. The van der Waals surface area contributed by atoms with Crippen LogP contribution in [-0.2, 0) is 47.1 Å². The van der Waals surface area contributed by atoms with E-state index in [1.807, 2.05) is 109 Å². The van der Waals surface area contributed by atoms with E-state index in [0.717, 1.165) is 195 Å². The number of nitrogens with zero attached hydrogens (tertiary/aromatic N) is 23. The van der Waals surface area contributed by atoms with Gasteiger partial charge < -0.3 is 26.0 Å². The first-order valence-corrected chi connectivity index (χ1v) is 50.3. The van der Waals surface area contributed by atoms with Gasteiger partial charge in [0, 0.05) is 157 Å². The Labute approximate surface area is 853 Å². The van der Waals surface area contributed by atoms with Gasteiger partial charge in [-0.2, -0.15) is 0 Å². The second-order valence-electron chi connectivity index (χ2n) is 35.3. The number of aromatic nitrogens is 20. The molecule has 1 aliphatic carbocycles. The number of methoxy groups -OCH3 is 1. The Morgan fingerprint density at radius 1 is 0.378 bits per heavy atom. The van der Waals surface area contributed by atoms with Crippen molar-refractivity contribution in [1.82, 2.24) is 111 Å². The molecule has 4 N–H and O–H groups in total. The molecular weight excluding hydrogens is 1900 g/mol. The molecule has 1 saturated carbocycles. The topological polar surface area (TPSA) is 317 Å². The molecule has 0 aliphatic heterocycles. The monoisotopic (exact) mass is 2010 g/mol. The van der Waals surface area contributed by atoms with E-state index in [2.05, 4.69) is 158 Å². The number of terminal acetylenes is 1. The van der Waals surface area contributed by atoms with Crippen LogP contribution in [0.2, 0.25) is 0 Å². The molecule has 148 heavy (non-hydrogen) atoms. The molecule has 0 amide bonds. The first-order valence-electron chi connectivity index (χ1n) is 48.4. The zero-order valence-electron chi connectivity index (χ0n) is 83.6. The molecule has 752 valence electrons. The fourth-order valence-corrected chi connectivity index (χ4v) is 17.6. The van der Waals surface area contributed by atoms with Crippen LogP contribution >= 0.6 is 0 Å². The number of hydrogen-bond acceptors (Lipinski definition) is 25. The summed E-state index contributed by atoms with van der Waals surface area (Å²) in [4.78, 5) is 74.6. The number of halogens is 5. The highest BCUT2D eigenvalue weighted by Crippen LogP contribution is 2.40. The standard InChI is InChI=1S/C23H25FN6O.C23H21FN6.C23H25FN6.C23H22FN5.C20H17FN4O2S/c1-25-23-26-10-8-19(27-23)22-21(17-4-6-18(24)7-5-17)28-20-14-16(9-11-30(20)22)15-29(2)12-13-31-3;1-4-12-29(3)15-16-10-13-30-20(14-16)28-21(17-5-7-18(24)8-6-17)22(30)19-9-11-26-23(25-2)27-19;1-4-29(5-2)15-16-11-13-30-20(14-16)28-21(17-6-8-18(24)9-7-17)22(30)19-10-12-26-23(25-3)27-19;1-2-15-11-13-29-20(14-15)28-21(16-6-8-17(24)9-7-16)22(29)19-10-12-25-23(27-19)26-18-4-3-5-18;1-3-13-9-11-25-17(12-13)24-18(14-4-6-15(21)7-5-14)19(25)16-8-10-22-20(23-16)28(2,26)27/h4-11,14H,12-13,15H2,1-3H3,(H,25,26,27);1,5-11,13-14H,12,15H2,2-3H3,(H,25,26,27);6-14H,4-5,15H2,1-3H3,(H,25,26,27);6-14,18H,2-5H2,1H3,(H,25,26,27);4-12H,3H2,1-2H3. The second-order valence-corrected chi connectivity index (χ2v) is 37.2. The Morgan fingerprint density at radius 2 is 0.662 bits per heavy atom. The summed E-state index contributed by atoms with van der Waals surface area (Å²) < 4.78 is 106. The van der Waals surface area contributed by atoms with Crippen molar-refractivity contribution in [2.75, 3.05) is 103 Å². The molecule has 5 aromatic carbocycles. The summed E-state index contributed by atoms with van der Waals surface area (Å²) in [6.45, 7) is 15.0. The average molecular weight is 2010 g/mol. The van der Waals surface area contributed by atoms with Crippen molar-refractivity contribution in [1.29, 1.82) is 0 Å². The molecule has 1 aliphatic rings. The number of benzene rings is 5. The number of ether oxygens (including phenoxy) is 1. The van der Waals surface area contributed by atoms with Crippen LogP contribution in [0.4, 0.5) is 45.7 Å². The molecule has 1 fully saturated rings. The van der Waals surface area contributed by atoms with Crippen molar-refractivity contribution in [2.45, 2.75) is 90.6 Å². The number of hydrogen-bond donors (Lipinski definition) is 4. The quantitative estimate of drug-likeness (QED) is 0.0185. The summed E-state index contributed by atoms with van der Waals surface area (Å²) in [7, 11) is 7.51. The number of fused-ring (bicyclic) bond motifs is 5. The summed E-state index contributed by atoms with van der Waals surface area (Å²) >= 11 is 0. The van der Waals surface area contributed by atoms with Crippen LogP contribution in [0.3, 0.4) is 0 Å². The van der Waals surface area contributed by atoms with Gasteiger partial charge in [-0.05, 0) is 299 Å². The normalized spacial score (nSPS) is 11.9. The Kier molecular flexibility index (Phi) is 32.5. The number of aryl methyl sites for hydroxylation is 2. The van der Waals surface area contributed by atoms with Crippen LogP contribution in [0.15, 0.2) is 279 Å². The number of anilines is 4. The van der Waals surface area contributed by atoms with Crippen LogP contribution in [0.25, 0.3) is 141 Å². The van der Waals surface area contributed by atoms with Gasteiger partial charge in [0.05, 0.1) is 98.6 Å². The largest absolute Gasteiger partial charge is 0.383 e. The van der Waals surface area contributed by atoms with Crippen LogP contribution < -0.4 is 21.3 Å². The smallest absolute Gasteiger partial charge is 0.247 e. The van der Waals surface area contributed by atoms with E-state index in [1.54, 1.807) is 120 Å². The SMILES string of the molecule is C#CCN(C)Cc1ccn2c(-c3ccnc(NC)n3)c(-c3ccc(F)cc3)nc2c1.CCN(CC)Cc1ccn2c(-c3ccnc(NC)n3)c(-c3ccc(F)cc3)nc2c1.CCc1ccn2c(-c3ccnc(NC4CCC4)n3)c(-c3ccc(F)cc3)nc2c1.CCc1ccn2c(-c3ccnc(S(C)(=O)=O)n3)c(-c3ccc(F)cc3)nc2c1.CNc1nccc(-c2c(-c3ccc(F)cc3)nc3cc(CN(C)CCOC)ccn23)n1. The maximum Gasteiger partial charge on any atom is 0.247 e. The summed E-state index contributed by atoms with van der Waals surface area (Å²) in [5.41, 5.74) is 24.8. The van der Waals surface area contributed by atoms with E-state index >= 15 is 0 Å². The molecule has 36 heteroatoms. The van der Waals surface area contributed by atoms with Gasteiger partial charge in [-0.15, -0.1) is 6.42 Å². The van der Waals surface area contributed by atoms with Crippen molar-refractivity contribution in [3.05, 3.63) is 331 Å². The first-order chi connectivity index (χ1) is 71.9. The molecule has 0 atom stereocenters. The fourth-order valence-electron chi connectivity index (χ4n) is 17.1. The third kappa shape index (κ3) is 24.0. The third-order valence-corrected chi connectivity index (χ3v) is 25.9. The lowest BCUT2D eigenvalue weighted by molar-refractivity contribution is 0.158. The Balaban J connectivity index is 0.000000126. The van der Waals surface area contributed by atoms with E-state index in [9.17, 15) is 30.4 Å². The summed E-state index contributed by atoms with van der Waals surface area (Å²) in [5, 5.41) is 12.1. The maximum absolute atomic E-state index is 13.5. The number of sulfone groups is 1. The highest BCUT2D eigenvalue weighted by atomic mass is 32.2. The van der Waals surface area contributed by atoms with Gasteiger partial charge in [-0.3, -0.25) is 36.7 Å². The second kappa shape index (κ2) is 46.9. The van der Waals surface area contributed by atoms with Crippen molar-refractivity contribution in [3.8, 4) is 126 Å². The lowest BCUT2D eigenvalue weighted by Gasteiger charge is -2.26. The van der Waals surface area contributed by atoms with E-state index < -0.39 is 9.84 Å². The van der Waals surface area contributed by atoms with Gasteiger partial charge in [0.2, 0.25) is 38.8 Å². The molecule has 0 spiro atoms.